The van der Waals surface area contributed by atoms with Gasteiger partial charge in [0.15, 0.2) is 5.17 Å². The maximum Gasteiger partial charge on any atom is 0.283 e. The number of amidine groups is 1. The molecule has 30 heavy (non-hydrogen) atoms. The molecule has 3 aromatic carbocycles. The highest BCUT2D eigenvalue weighted by atomic mass is 32.2. The van der Waals surface area contributed by atoms with E-state index in [1.165, 1.54) is 28.8 Å². The Morgan fingerprint density at radius 1 is 1.03 bits per heavy atom. The molecule has 0 N–H and O–H groups in total. The number of amides is 1. The predicted molar refractivity (Wildman–Crippen MR) is 120 cm³/mol. The summed E-state index contributed by atoms with van der Waals surface area (Å²) in [5.74, 6) is 0.795. The number of benzene rings is 3. The van der Waals surface area contributed by atoms with Gasteiger partial charge in [0.1, 0.15) is 17.3 Å². The maximum atomic E-state index is 13.4. The molecule has 0 unspecified atom stereocenters. The Balaban J connectivity index is 1.65. The second-order valence-corrected chi connectivity index (χ2v) is 7.53. The SMILES string of the molecule is COc1cccc(CSC2=N/C(=C\c3ccccc3)C(=O)N2c2ccc(F)cc2)c1. The molecular weight excluding hydrogens is 399 g/mol. The van der Waals surface area contributed by atoms with Gasteiger partial charge in [-0.2, -0.15) is 0 Å². The fourth-order valence-corrected chi connectivity index (χ4v) is 3.98. The summed E-state index contributed by atoms with van der Waals surface area (Å²) in [6, 6.07) is 23.2. The van der Waals surface area contributed by atoms with Crippen molar-refractivity contribution in [2.24, 2.45) is 4.99 Å². The van der Waals surface area contributed by atoms with Crippen molar-refractivity contribution in [2.75, 3.05) is 12.0 Å². The first-order chi connectivity index (χ1) is 14.6. The molecule has 0 saturated carbocycles. The summed E-state index contributed by atoms with van der Waals surface area (Å²) in [5.41, 5.74) is 2.87. The van der Waals surface area contributed by atoms with Gasteiger partial charge in [0.25, 0.3) is 5.91 Å². The number of aliphatic imine (C=N–C) groups is 1. The third-order valence-electron chi connectivity index (χ3n) is 4.52. The number of carbonyl (C=O) groups is 1. The van der Waals surface area contributed by atoms with Crippen LogP contribution in [-0.2, 0) is 10.5 Å². The molecule has 1 amide bonds. The van der Waals surface area contributed by atoms with Gasteiger partial charge in [0.05, 0.1) is 12.8 Å². The minimum Gasteiger partial charge on any atom is -0.497 e. The van der Waals surface area contributed by atoms with Gasteiger partial charge in [-0.3, -0.25) is 9.69 Å². The standard InChI is InChI=1S/C24H19FN2O2S/c1-29-21-9-5-8-18(14-21)16-30-24-26-22(15-17-6-3-2-4-7-17)23(28)27(24)20-12-10-19(25)11-13-20/h2-15H,16H2,1H3/b22-15-. The number of ether oxygens (including phenoxy) is 1. The zero-order valence-corrected chi connectivity index (χ0v) is 17.1. The number of thioether (sulfide) groups is 1. The lowest BCUT2D eigenvalue weighted by Gasteiger charge is -2.18. The molecule has 3 aromatic rings. The van der Waals surface area contributed by atoms with Gasteiger partial charge in [-0.15, -0.1) is 0 Å². The Kier molecular flexibility index (Phi) is 5.95. The summed E-state index contributed by atoms with van der Waals surface area (Å²) in [6.07, 6.45) is 1.76. The second kappa shape index (κ2) is 8.97. The first kappa shape index (κ1) is 19.9. The number of hydrogen-bond acceptors (Lipinski definition) is 4. The summed E-state index contributed by atoms with van der Waals surface area (Å²) in [7, 11) is 1.63. The van der Waals surface area contributed by atoms with E-state index >= 15 is 0 Å². The van der Waals surface area contributed by atoms with E-state index in [4.69, 9.17) is 4.74 Å². The molecule has 1 heterocycles. The topological polar surface area (TPSA) is 41.9 Å². The number of carbonyl (C=O) groups excluding carboxylic acids is 1. The van der Waals surface area contributed by atoms with Crippen LogP contribution in [0.4, 0.5) is 10.1 Å². The summed E-state index contributed by atoms with van der Waals surface area (Å²) in [4.78, 5) is 19.3. The van der Waals surface area contributed by atoms with E-state index in [2.05, 4.69) is 4.99 Å². The highest BCUT2D eigenvalue weighted by molar-refractivity contribution is 8.13. The van der Waals surface area contributed by atoms with Crippen molar-refractivity contribution in [3.63, 3.8) is 0 Å². The van der Waals surface area contributed by atoms with E-state index in [1.807, 2.05) is 54.6 Å². The van der Waals surface area contributed by atoms with Crippen LogP contribution < -0.4 is 9.64 Å². The molecule has 0 saturated heterocycles. The summed E-state index contributed by atoms with van der Waals surface area (Å²) >= 11 is 1.45. The molecule has 0 bridgehead atoms. The second-order valence-electron chi connectivity index (χ2n) is 6.59. The van der Waals surface area contributed by atoms with Crippen molar-refractivity contribution < 1.29 is 13.9 Å². The number of hydrogen-bond donors (Lipinski definition) is 0. The minimum atomic E-state index is -0.354. The van der Waals surface area contributed by atoms with E-state index in [9.17, 15) is 9.18 Å². The molecule has 0 spiro atoms. The first-order valence-electron chi connectivity index (χ1n) is 9.35. The number of methoxy groups -OCH3 is 1. The number of anilines is 1. The van der Waals surface area contributed by atoms with Crippen LogP contribution in [0.2, 0.25) is 0 Å². The quantitative estimate of drug-likeness (QED) is 0.513. The van der Waals surface area contributed by atoms with E-state index in [1.54, 1.807) is 25.3 Å². The molecule has 0 radical (unpaired) electrons. The van der Waals surface area contributed by atoms with Gasteiger partial charge < -0.3 is 4.74 Å². The van der Waals surface area contributed by atoms with Gasteiger partial charge in [-0.1, -0.05) is 54.2 Å². The number of halogens is 1. The van der Waals surface area contributed by atoms with E-state index in [0.29, 0.717) is 22.3 Å². The normalized spacial score (nSPS) is 14.9. The average molecular weight is 418 g/mol. The van der Waals surface area contributed by atoms with Crippen LogP contribution in [0.15, 0.2) is 89.6 Å². The molecule has 150 valence electrons. The summed E-state index contributed by atoms with van der Waals surface area (Å²) < 4.78 is 18.7. The lowest BCUT2D eigenvalue weighted by molar-refractivity contribution is -0.113. The average Bonchev–Trinajstić information content (AvgIpc) is 3.09. The molecule has 4 rings (SSSR count). The van der Waals surface area contributed by atoms with Crippen molar-refractivity contribution in [1.82, 2.24) is 0 Å². The zero-order valence-electron chi connectivity index (χ0n) is 16.3. The van der Waals surface area contributed by atoms with Crippen LogP contribution in [0.25, 0.3) is 6.08 Å². The third kappa shape index (κ3) is 4.44. The van der Waals surface area contributed by atoms with Crippen LogP contribution in [0, 0.1) is 5.82 Å². The van der Waals surface area contributed by atoms with E-state index in [-0.39, 0.29) is 11.7 Å². The van der Waals surface area contributed by atoms with Crippen molar-refractivity contribution >= 4 is 34.6 Å². The predicted octanol–water partition coefficient (Wildman–Crippen LogP) is 5.51. The number of rotatable bonds is 5. The van der Waals surface area contributed by atoms with Crippen LogP contribution in [0.3, 0.4) is 0 Å². The zero-order chi connectivity index (χ0) is 20.9. The molecule has 1 aliphatic heterocycles. The van der Waals surface area contributed by atoms with Crippen molar-refractivity contribution in [3.05, 3.63) is 102 Å². The molecule has 4 nitrogen and oxygen atoms in total. The maximum absolute atomic E-state index is 13.4. The Morgan fingerprint density at radius 3 is 2.53 bits per heavy atom. The van der Waals surface area contributed by atoms with Crippen LogP contribution in [0.5, 0.6) is 5.75 Å². The van der Waals surface area contributed by atoms with Crippen molar-refractivity contribution in [1.29, 1.82) is 0 Å². The summed E-state index contributed by atoms with van der Waals surface area (Å²) in [5, 5.41) is 0.552. The monoisotopic (exact) mass is 418 g/mol. The van der Waals surface area contributed by atoms with Crippen LogP contribution in [0.1, 0.15) is 11.1 Å². The lowest BCUT2D eigenvalue weighted by Crippen LogP contribution is -2.30. The van der Waals surface area contributed by atoms with Crippen molar-refractivity contribution in [2.45, 2.75) is 5.75 Å². The Labute approximate surface area is 178 Å². The minimum absolute atomic E-state index is 0.237. The Morgan fingerprint density at radius 2 is 1.80 bits per heavy atom. The molecule has 6 heteroatoms. The van der Waals surface area contributed by atoms with Crippen molar-refractivity contribution in [3.8, 4) is 5.75 Å². The smallest absolute Gasteiger partial charge is 0.283 e. The molecule has 1 aliphatic rings. The molecule has 0 aliphatic carbocycles. The molecule has 0 fully saturated rings. The molecule has 0 aromatic heterocycles. The van der Waals surface area contributed by atoms with Gasteiger partial charge in [0, 0.05) is 5.75 Å². The molecular formula is C24H19FN2O2S. The largest absolute Gasteiger partial charge is 0.497 e. The van der Waals surface area contributed by atoms with Gasteiger partial charge >= 0.3 is 0 Å². The Hall–Kier alpha value is -3.38. The van der Waals surface area contributed by atoms with E-state index < -0.39 is 0 Å². The van der Waals surface area contributed by atoms with Gasteiger partial charge in [-0.25, -0.2) is 9.38 Å². The lowest BCUT2D eigenvalue weighted by atomic mass is 10.2. The number of nitrogens with zero attached hydrogens (tertiary/aromatic N) is 2. The molecule has 0 atom stereocenters. The fraction of sp³-hybridized carbons (Fsp3) is 0.0833. The third-order valence-corrected chi connectivity index (χ3v) is 5.53. The highest BCUT2D eigenvalue weighted by Gasteiger charge is 2.32. The summed E-state index contributed by atoms with van der Waals surface area (Å²) in [6.45, 7) is 0. The van der Waals surface area contributed by atoms with Crippen LogP contribution in [-0.4, -0.2) is 18.2 Å². The first-order valence-corrected chi connectivity index (χ1v) is 10.3. The van der Waals surface area contributed by atoms with Gasteiger partial charge in [-0.05, 0) is 53.6 Å². The Bertz CT molecular complexity index is 1110. The highest BCUT2D eigenvalue weighted by Crippen LogP contribution is 2.31. The van der Waals surface area contributed by atoms with E-state index in [0.717, 1.165) is 16.9 Å². The fourth-order valence-electron chi connectivity index (χ4n) is 3.03. The van der Waals surface area contributed by atoms with Crippen LogP contribution >= 0.6 is 11.8 Å². The van der Waals surface area contributed by atoms with Gasteiger partial charge in [0.2, 0.25) is 0 Å².